The lowest BCUT2D eigenvalue weighted by Crippen LogP contribution is -2.18. The molecule has 1 N–H and O–H groups in total. The molecule has 102 valence electrons. The molecule has 0 aliphatic heterocycles. The van der Waals surface area contributed by atoms with E-state index in [1.54, 1.807) is 7.11 Å². The number of nitrogens with one attached hydrogen (secondary N) is 1. The van der Waals surface area contributed by atoms with E-state index in [9.17, 15) is 0 Å². The first kappa shape index (κ1) is 15.2. The van der Waals surface area contributed by atoms with Crippen LogP contribution >= 0.6 is 0 Å². The van der Waals surface area contributed by atoms with Crippen LogP contribution in [0.1, 0.15) is 25.0 Å². The van der Waals surface area contributed by atoms with Gasteiger partial charge in [-0.15, -0.1) is 0 Å². The third-order valence-electron chi connectivity index (χ3n) is 2.61. The fourth-order valence-corrected chi connectivity index (χ4v) is 1.59. The molecule has 0 saturated carbocycles. The van der Waals surface area contributed by atoms with Crippen molar-refractivity contribution < 1.29 is 9.47 Å². The van der Waals surface area contributed by atoms with E-state index < -0.39 is 0 Å². The van der Waals surface area contributed by atoms with Gasteiger partial charge < -0.3 is 14.8 Å². The molecule has 0 heterocycles. The fraction of sp³-hybridized carbons (Fsp3) is 0.600. The Morgan fingerprint density at radius 2 is 1.72 bits per heavy atom. The maximum Gasteiger partial charge on any atom is 0.0718 e. The van der Waals surface area contributed by atoms with Gasteiger partial charge in [-0.3, -0.25) is 0 Å². The minimum atomic E-state index is 0.647. The Hall–Kier alpha value is -0.900. The molecule has 0 aliphatic carbocycles. The lowest BCUT2D eigenvalue weighted by Gasteiger charge is -2.08. The summed E-state index contributed by atoms with van der Waals surface area (Å²) in [6.07, 6.45) is 0. The Bertz CT molecular complexity index is 309. The molecular formula is C15H25NO2. The molecule has 0 spiro atoms. The highest BCUT2D eigenvalue weighted by Crippen LogP contribution is 2.06. The van der Waals surface area contributed by atoms with Crippen molar-refractivity contribution in [3.8, 4) is 0 Å². The van der Waals surface area contributed by atoms with Crippen molar-refractivity contribution in [3.05, 3.63) is 35.4 Å². The lowest BCUT2D eigenvalue weighted by atomic mass is 10.1. The molecular weight excluding hydrogens is 226 g/mol. The third-order valence-corrected chi connectivity index (χ3v) is 2.61. The molecule has 0 fully saturated rings. The first-order chi connectivity index (χ1) is 8.72. The van der Waals surface area contributed by atoms with E-state index in [0.29, 0.717) is 25.7 Å². The summed E-state index contributed by atoms with van der Waals surface area (Å²) in [4.78, 5) is 0. The Morgan fingerprint density at radius 3 is 2.33 bits per heavy atom. The first-order valence-corrected chi connectivity index (χ1v) is 6.57. The largest absolute Gasteiger partial charge is 0.382 e. The minimum absolute atomic E-state index is 0.647. The molecule has 1 aromatic rings. The maximum atomic E-state index is 5.47. The summed E-state index contributed by atoms with van der Waals surface area (Å²) in [6, 6.07) is 8.56. The van der Waals surface area contributed by atoms with Crippen LogP contribution < -0.4 is 5.32 Å². The maximum absolute atomic E-state index is 5.47. The van der Waals surface area contributed by atoms with E-state index in [0.717, 1.165) is 13.1 Å². The van der Waals surface area contributed by atoms with Gasteiger partial charge in [-0.1, -0.05) is 38.1 Å². The second kappa shape index (κ2) is 9.09. The highest BCUT2D eigenvalue weighted by atomic mass is 16.5. The van der Waals surface area contributed by atoms with E-state index in [2.05, 4.69) is 43.4 Å². The van der Waals surface area contributed by atoms with Gasteiger partial charge in [0.1, 0.15) is 0 Å². The number of benzene rings is 1. The van der Waals surface area contributed by atoms with Crippen LogP contribution in [0.15, 0.2) is 24.3 Å². The standard InChI is InChI=1S/C15H25NO2/c1-13(2)10-16-11-14-4-6-15(7-5-14)12-18-9-8-17-3/h4-7,13,16H,8-12H2,1-3H3. The molecule has 18 heavy (non-hydrogen) atoms. The van der Waals surface area contributed by atoms with Crippen molar-refractivity contribution in [2.45, 2.75) is 27.0 Å². The number of hydrogen-bond donors (Lipinski definition) is 1. The molecule has 0 bridgehead atoms. The van der Waals surface area contributed by atoms with Crippen LogP contribution in [-0.4, -0.2) is 26.9 Å². The molecule has 0 amide bonds. The van der Waals surface area contributed by atoms with Crippen molar-refractivity contribution in [1.82, 2.24) is 5.32 Å². The summed E-state index contributed by atoms with van der Waals surface area (Å²) in [5.41, 5.74) is 2.52. The van der Waals surface area contributed by atoms with Crippen LogP contribution in [0, 0.1) is 5.92 Å². The van der Waals surface area contributed by atoms with Crippen LogP contribution in [-0.2, 0) is 22.6 Å². The fourth-order valence-electron chi connectivity index (χ4n) is 1.59. The predicted octanol–water partition coefficient (Wildman–Crippen LogP) is 2.60. The lowest BCUT2D eigenvalue weighted by molar-refractivity contribution is 0.0616. The number of rotatable bonds is 9. The van der Waals surface area contributed by atoms with Crippen LogP contribution in [0.5, 0.6) is 0 Å². The average Bonchev–Trinajstić information content (AvgIpc) is 2.36. The van der Waals surface area contributed by atoms with Gasteiger partial charge in [0.2, 0.25) is 0 Å². The Morgan fingerprint density at radius 1 is 1.06 bits per heavy atom. The third kappa shape index (κ3) is 6.74. The Kier molecular flexibility index (Phi) is 7.65. The van der Waals surface area contributed by atoms with Crippen LogP contribution in [0.4, 0.5) is 0 Å². The van der Waals surface area contributed by atoms with Crippen molar-refractivity contribution in [2.24, 2.45) is 5.92 Å². The zero-order valence-electron chi connectivity index (χ0n) is 11.7. The molecule has 0 aromatic heterocycles. The molecule has 0 atom stereocenters. The van der Waals surface area contributed by atoms with Gasteiger partial charge in [0.15, 0.2) is 0 Å². The molecule has 0 saturated heterocycles. The normalized spacial score (nSPS) is 11.1. The van der Waals surface area contributed by atoms with Crippen LogP contribution in [0.3, 0.4) is 0 Å². The van der Waals surface area contributed by atoms with E-state index in [1.807, 2.05) is 0 Å². The SMILES string of the molecule is COCCOCc1ccc(CNCC(C)C)cc1. The summed E-state index contributed by atoms with van der Waals surface area (Å²) in [6.45, 7) is 8.38. The molecule has 0 radical (unpaired) electrons. The topological polar surface area (TPSA) is 30.5 Å². The predicted molar refractivity (Wildman–Crippen MR) is 74.5 cm³/mol. The Labute approximate surface area is 110 Å². The van der Waals surface area contributed by atoms with Crippen molar-refractivity contribution in [2.75, 3.05) is 26.9 Å². The summed E-state index contributed by atoms with van der Waals surface area (Å²) in [5, 5.41) is 3.43. The minimum Gasteiger partial charge on any atom is -0.382 e. The van der Waals surface area contributed by atoms with E-state index in [4.69, 9.17) is 9.47 Å². The van der Waals surface area contributed by atoms with Gasteiger partial charge in [-0.2, -0.15) is 0 Å². The average molecular weight is 251 g/mol. The van der Waals surface area contributed by atoms with Gasteiger partial charge in [-0.25, -0.2) is 0 Å². The van der Waals surface area contributed by atoms with Gasteiger partial charge in [0.05, 0.1) is 19.8 Å². The van der Waals surface area contributed by atoms with Crippen molar-refractivity contribution in [1.29, 1.82) is 0 Å². The summed E-state index contributed by atoms with van der Waals surface area (Å²) >= 11 is 0. The van der Waals surface area contributed by atoms with Gasteiger partial charge in [-0.05, 0) is 23.6 Å². The van der Waals surface area contributed by atoms with Gasteiger partial charge >= 0.3 is 0 Å². The summed E-state index contributed by atoms with van der Waals surface area (Å²) in [5.74, 6) is 0.693. The molecule has 1 aromatic carbocycles. The first-order valence-electron chi connectivity index (χ1n) is 6.57. The molecule has 3 nitrogen and oxygen atoms in total. The van der Waals surface area contributed by atoms with Crippen molar-refractivity contribution in [3.63, 3.8) is 0 Å². The highest BCUT2D eigenvalue weighted by molar-refractivity contribution is 5.21. The van der Waals surface area contributed by atoms with E-state index in [-0.39, 0.29) is 0 Å². The monoisotopic (exact) mass is 251 g/mol. The smallest absolute Gasteiger partial charge is 0.0718 e. The van der Waals surface area contributed by atoms with Gasteiger partial charge in [0.25, 0.3) is 0 Å². The zero-order chi connectivity index (χ0) is 13.2. The molecule has 0 unspecified atom stereocenters. The number of ether oxygens (including phenoxy) is 2. The molecule has 0 aliphatic rings. The molecule has 1 rings (SSSR count). The van der Waals surface area contributed by atoms with Crippen LogP contribution in [0.2, 0.25) is 0 Å². The zero-order valence-corrected chi connectivity index (χ0v) is 11.7. The summed E-state index contributed by atoms with van der Waals surface area (Å²) < 4.78 is 10.4. The quantitative estimate of drug-likeness (QED) is 0.684. The van der Waals surface area contributed by atoms with Crippen molar-refractivity contribution >= 4 is 0 Å². The van der Waals surface area contributed by atoms with E-state index in [1.165, 1.54) is 11.1 Å². The number of methoxy groups -OCH3 is 1. The summed E-state index contributed by atoms with van der Waals surface area (Å²) in [7, 11) is 1.68. The van der Waals surface area contributed by atoms with Crippen LogP contribution in [0.25, 0.3) is 0 Å². The Balaban J connectivity index is 2.24. The van der Waals surface area contributed by atoms with E-state index >= 15 is 0 Å². The second-order valence-electron chi connectivity index (χ2n) is 4.89. The second-order valence-corrected chi connectivity index (χ2v) is 4.89. The molecule has 3 heteroatoms. The van der Waals surface area contributed by atoms with Gasteiger partial charge in [0, 0.05) is 13.7 Å². The number of hydrogen-bond acceptors (Lipinski definition) is 3. The highest BCUT2D eigenvalue weighted by Gasteiger charge is 1.97.